The molecule has 0 unspecified atom stereocenters. The summed E-state index contributed by atoms with van der Waals surface area (Å²) in [5.74, 6) is -0.237. The van der Waals surface area contributed by atoms with E-state index >= 15 is 0 Å². The lowest BCUT2D eigenvalue weighted by Gasteiger charge is -2.07. The highest BCUT2D eigenvalue weighted by molar-refractivity contribution is 5.92. The lowest BCUT2D eigenvalue weighted by Crippen LogP contribution is -2.28. The molecule has 1 heterocycles. The van der Waals surface area contributed by atoms with E-state index in [1.165, 1.54) is 4.68 Å². The highest BCUT2D eigenvalue weighted by Crippen LogP contribution is 2.13. The summed E-state index contributed by atoms with van der Waals surface area (Å²) in [7, 11) is 3.47. The molecule has 0 saturated carbocycles. The molecule has 1 aromatic heterocycles. The van der Waals surface area contributed by atoms with Crippen molar-refractivity contribution in [2.45, 2.75) is 6.92 Å². The van der Waals surface area contributed by atoms with Crippen molar-refractivity contribution in [1.82, 2.24) is 14.7 Å². The second-order valence-electron chi connectivity index (χ2n) is 4.52. The van der Waals surface area contributed by atoms with Gasteiger partial charge in [0.05, 0.1) is 17.9 Å². The van der Waals surface area contributed by atoms with Crippen LogP contribution in [0, 0.1) is 6.92 Å². The minimum Gasteiger partial charge on any atom is -0.319 e. The van der Waals surface area contributed by atoms with Crippen LogP contribution in [-0.4, -0.2) is 28.9 Å². The monoisotopic (exact) mass is 310 g/mol. The van der Waals surface area contributed by atoms with E-state index in [-0.39, 0.29) is 30.4 Å². The Morgan fingerprint density at radius 1 is 1.24 bits per heavy atom. The molecule has 114 valence electrons. The number of likely N-dealkylation sites (N-methyl/N-ethyl adjacent to an activating group) is 1. The van der Waals surface area contributed by atoms with Gasteiger partial charge in [-0.3, -0.25) is 14.3 Å². The molecule has 0 saturated heterocycles. The van der Waals surface area contributed by atoms with Gasteiger partial charge >= 0.3 is 0 Å². The van der Waals surface area contributed by atoms with Crippen LogP contribution in [-0.2, 0) is 11.8 Å². The number of hydrogen-bond acceptors (Lipinski definition) is 3. The van der Waals surface area contributed by atoms with Crippen molar-refractivity contribution in [3.05, 3.63) is 46.4 Å². The molecule has 0 radical (unpaired) electrons. The summed E-state index contributed by atoms with van der Waals surface area (Å²) < 4.78 is 3.26. The number of hydrogen-bond donors (Lipinski definition) is 2. The maximum atomic E-state index is 12.5. The third kappa shape index (κ3) is 3.34. The molecule has 0 fully saturated rings. The van der Waals surface area contributed by atoms with Crippen molar-refractivity contribution >= 4 is 24.0 Å². The molecule has 1 amide bonds. The summed E-state index contributed by atoms with van der Waals surface area (Å²) in [6, 6.07) is 9.31. The number of carbonyl (C=O) groups is 1. The number of benzene rings is 1. The fourth-order valence-electron chi connectivity index (χ4n) is 2.06. The smallest absolute Gasteiger partial charge is 0.295 e. The van der Waals surface area contributed by atoms with Crippen LogP contribution >= 0.6 is 12.4 Å². The Balaban J connectivity index is 0.00000220. The van der Waals surface area contributed by atoms with Gasteiger partial charge in [0.1, 0.15) is 5.69 Å². The van der Waals surface area contributed by atoms with E-state index < -0.39 is 0 Å². The van der Waals surface area contributed by atoms with Gasteiger partial charge < -0.3 is 10.6 Å². The van der Waals surface area contributed by atoms with Gasteiger partial charge in [-0.15, -0.1) is 12.4 Å². The zero-order valence-electron chi connectivity index (χ0n) is 12.2. The SMILES string of the molecule is CNCC(=O)Nc1c(C)n(C)n(-c2ccccc2)c1=O.Cl. The van der Waals surface area contributed by atoms with E-state index in [2.05, 4.69) is 10.6 Å². The molecule has 6 nitrogen and oxygen atoms in total. The lowest BCUT2D eigenvalue weighted by atomic mass is 10.3. The average molecular weight is 311 g/mol. The second-order valence-corrected chi connectivity index (χ2v) is 4.52. The molecule has 0 aliphatic rings. The van der Waals surface area contributed by atoms with E-state index in [0.717, 1.165) is 5.69 Å². The Bertz CT molecular complexity index is 676. The number of nitrogens with zero attached hydrogens (tertiary/aromatic N) is 2. The van der Waals surface area contributed by atoms with Crippen molar-refractivity contribution in [2.24, 2.45) is 7.05 Å². The summed E-state index contributed by atoms with van der Waals surface area (Å²) in [6.07, 6.45) is 0. The predicted molar refractivity (Wildman–Crippen MR) is 85.6 cm³/mol. The molecule has 0 atom stereocenters. The molecule has 0 spiro atoms. The first-order valence-electron chi connectivity index (χ1n) is 6.34. The molecule has 0 bridgehead atoms. The maximum Gasteiger partial charge on any atom is 0.295 e. The number of carbonyl (C=O) groups excluding carboxylic acids is 1. The van der Waals surface area contributed by atoms with E-state index in [1.807, 2.05) is 30.3 Å². The Kier molecular flexibility index (Phi) is 5.75. The Labute approximate surface area is 129 Å². The van der Waals surface area contributed by atoms with Gasteiger partial charge in [0, 0.05) is 7.05 Å². The van der Waals surface area contributed by atoms with E-state index in [9.17, 15) is 9.59 Å². The summed E-state index contributed by atoms with van der Waals surface area (Å²) in [4.78, 5) is 24.1. The lowest BCUT2D eigenvalue weighted by molar-refractivity contribution is -0.115. The van der Waals surface area contributed by atoms with Gasteiger partial charge in [0.15, 0.2) is 0 Å². The summed E-state index contributed by atoms with van der Waals surface area (Å²) in [5, 5.41) is 5.41. The van der Waals surface area contributed by atoms with Gasteiger partial charge in [0.25, 0.3) is 5.56 Å². The molecular formula is C14H19ClN4O2. The average Bonchev–Trinajstić information content (AvgIpc) is 2.64. The van der Waals surface area contributed by atoms with Gasteiger partial charge in [0.2, 0.25) is 5.91 Å². The van der Waals surface area contributed by atoms with Crippen LogP contribution in [0.2, 0.25) is 0 Å². The quantitative estimate of drug-likeness (QED) is 0.887. The van der Waals surface area contributed by atoms with E-state index in [4.69, 9.17) is 0 Å². The molecular weight excluding hydrogens is 292 g/mol. The van der Waals surface area contributed by atoms with Crippen LogP contribution in [0.15, 0.2) is 35.1 Å². The number of nitrogens with one attached hydrogen (secondary N) is 2. The molecule has 1 aromatic carbocycles. The maximum absolute atomic E-state index is 12.5. The van der Waals surface area contributed by atoms with Crippen LogP contribution in [0.5, 0.6) is 0 Å². The Hall–Kier alpha value is -2.05. The van der Waals surface area contributed by atoms with Gasteiger partial charge in [-0.1, -0.05) is 18.2 Å². The first-order valence-corrected chi connectivity index (χ1v) is 6.34. The second kappa shape index (κ2) is 7.10. The van der Waals surface area contributed by atoms with Gasteiger partial charge in [-0.05, 0) is 26.1 Å². The topological polar surface area (TPSA) is 68.1 Å². The summed E-state index contributed by atoms with van der Waals surface area (Å²) >= 11 is 0. The molecule has 0 aliphatic heterocycles. The number of aromatic nitrogens is 2. The number of halogens is 1. The van der Waals surface area contributed by atoms with Crippen molar-refractivity contribution in [3.63, 3.8) is 0 Å². The summed E-state index contributed by atoms with van der Waals surface area (Å²) in [5.41, 5.74) is 1.55. The van der Waals surface area contributed by atoms with Crippen LogP contribution in [0.4, 0.5) is 5.69 Å². The predicted octanol–water partition coefficient (Wildman–Crippen LogP) is 1.06. The minimum atomic E-state index is -0.237. The van der Waals surface area contributed by atoms with Crippen LogP contribution in [0.1, 0.15) is 5.69 Å². The van der Waals surface area contributed by atoms with Gasteiger partial charge in [-0.2, -0.15) is 0 Å². The largest absolute Gasteiger partial charge is 0.319 e. The number of rotatable bonds is 4. The first-order chi connectivity index (χ1) is 9.56. The van der Waals surface area contributed by atoms with Crippen molar-refractivity contribution in [2.75, 3.05) is 18.9 Å². The zero-order valence-corrected chi connectivity index (χ0v) is 13.0. The normalized spacial score (nSPS) is 10.0. The minimum absolute atomic E-state index is 0. The fraction of sp³-hybridized carbons (Fsp3) is 0.286. The Morgan fingerprint density at radius 2 is 1.86 bits per heavy atom. The third-order valence-electron chi connectivity index (χ3n) is 3.16. The molecule has 0 aliphatic carbocycles. The van der Waals surface area contributed by atoms with Crippen molar-refractivity contribution in [3.8, 4) is 5.69 Å². The highest BCUT2D eigenvalue weighted by Gasteiger charge is 2.17. The molecule has 2 N–H and O–H groups in total. The fourth-order valence-corrected chi connectivity index (χ4v) is 2.06. The van der Waals surface area contributed by atoms with E-state index in [1.54, 1.807) is 25.7 Å². The Morgan fingerprint density at radius 3 is 2.43 bits per heavy atom. The van der Waals surface area contributed by atoms with Gasteiger partial charge in [-0.25, -0.2) is 4.68 Å². The molecule has 2 aromatic rings. The number of amides is 1. The first kappa shape index (κ1) is 17.0. The number of para-hydroxylation sites is 1. The molecule has 2 rings (SSSR count). The highest BCUT2D eigenvalue weighted by atomic mass is 35.5. The van der Waals surface area contributed by atoms with E-state index in [0.29, 0.717) is 11.4 Å². The van der Waals surface area contributed by atoms with Crippen molar-refractivity contribution in [1.29, 1.82) is 0 Å². The molecule has 7 heteroatoms. The van der Waals surface area contributed by atoms with Crippen LogP contribution in [0.25, 0.3) is 5.69 Å². The van der Waals surface area contributed by atoms with Crippen molar-refractivity contribution < 1.29 is 4.79 Å². The number of anilines is 1. The zero-order chi connectivity index (χ0) is 14.7. The van der Waals surface area contributed by atoms with Crippen LogP contribution < -0.4 is 16.2 Å². The third-order valence-corrected chi connectivity index (χ3v) is 3.16. The molecule has 21 heavy (non-hydrogen) atoms. The van der Waals surface area contributed by atoms with Crippen LogP contribution in [0.3, 0.4) is 0 Å². The summed E-state index contributed by atoms with van der Waals surface area (Å²) in [6.45, 7) is 1.97. The standard InChI is InChI=1S/C14H18N4O2.ClH/c1-10-13(16-12(19)9-15-2)14(20)18(17(10)3)11-7-5-4-6-8-11;/h4-8,15H,9H2,1-3H3,(H,16,19);1H.